The number of likely N-dealkylation sites (tertiary alicyclic amines) is 1. The third-order valence-corrected chi connectivity index (χ3v) is 4.77. The van der Waals surface area contributed by atoms with Crippen LogP contribution in [-0.4, -0.2) is 54.5 Å². The van der Waals surface area contributed by atoms with Crippen molar-refractivity contribution in [3.63, 3.8) is 0 Å². The largest absolute Gasteiger partial charge is 0.375 e. The Labute approximate surface area is 148 Å². The number of primary amides is 1. The number of aryl methyl sites for hydroxylation is 2. The molecule has 2 atom stereocenters. The fourth-order valence-corrected chi connectivity index (χ4v) is 3.30. The maximum Gasteiger partial charge on any atom is 0.252 e. The number of rotatable bonds is 7. The molecule has 0 aromatic carbocycles. The maximum absolute atomic E-state index is 12.2. The van der Waals surface area contributed by atoms with Gasteiger partial charge in [0.15, 0.2) is 0 Å². The number of hydrogen-bond acceptors (Lipinski definition) is 5. The van der Waals surface area contributed by atoms with E-state index in [-0.39, 0.29) is 18.6 Å². The molecule has 0 spiro atoms. The minimum absolute atomic E-state index is 0.0175. The van der Waals surface area contributed by atoms with Gasteiger partial charge >= 0.3 is 0 Å². The van der Waals surface area contributed by atoms with Gasteiger partial charge in [-0.15, -0.1) is 0 Å². The van der Waals surface area contributed by atoms with Gasteiger partial charge in [0.2, 0.25) is 5.91 Å². The van der Waals surface area contributed by atoms with Gasteiger partial charge in [-0.05, 0) is 37.8 Å². The van der Waals surface area contributed by atoms with E-state index in [4.69, 9.17) is 10.5 Å². The molecule has 1 aliphatic rings. The number of hydrogen-bond donors (Lipinski definition) is 2. The number of carbonyl (C=O) groups excluding carboxylic acids is 2. The van der Waals surface area contributed by atoms with E-state index in [1.165, 1.54) is 7.11 Å². The molecule has 25 heavy (non-hydrogen) atoms. The molecule has 3 N–H and O–H groups in total. The lowest BCUT2D eigenvalue weighted by atomic mass is 9.98. The molecule has 0 bridgehead atoms. The van der Waals surface area contributed by atoms with Crippen LogP contribution in [0.3, 0.4) is 0 Å². The summed E-state index contributed by atoms with van der Waals surface area (Å²) in [6.07, 6.45) is 2.02. The third-order valence-electron chi connectivity index (χ3n) is 4.77. The first-order valence-corrected chi connectivity index (χ1v) is 8.68. The lowest BCUT2D eigenvalue weighted by Gasteiger charge is -2.21. The van der Waals surface area contributed by atoms with Crippen LogP contribution in [0.5, 0.6) is 0 Å². The fourth-order valence-electron chi connectivity index (χ4n) is 3.30. The maximum atomic E-state index is 12.2. The van der Waals surface area contributed by atoms with Crippen molar-refractivity contribution in [2.75, 3.05) is 32.1 Å². The van der Waals surface area contributed by atoms with Crippen LogP contribution in [0.1, 0.15) is 41.4 Å². The van der Waals surface area contributed by atoms with E-state index in [1.807, 2.05) is 18.7 Å². The summed E-state index contributed by atoms with van der Waals surface area (Å²) in [6, 6.07) is 1.80. The second kappa shape index (κ2) is 8.29. The van der Waals surface area contributed by atoms with Gasteiger partial charge < -0.3 is 20.7 Å². The Kier molecular flexibility index (Phi) is 6.36. The lowest BCUT2D eigenvalue weighted by molar-refractivity contribution is -0.134. The van der Waals surface area contributed by atoms with Crippen molar-refractivity contribution in [2.24, 2.45) is 11.7 Å². The molecule has 1 saturated heterocycles. The first-order valence-electron chi connectivity index (χ1n) is 8.68. The van der Waals surface area contributed by atoms with Gasteiger partial charge in [-0.3, -0.25) is 9.59 Å². The SMILES string of the molecule is CCC[C@@H]1CN(C(=O)COC)C[C@H]1Nc1nc(C)c(C)cc1C(N)=O. The number of aromatic nitrogens is 1. The second-order valence-electron chi connectivity index (χ2n) is 6.68. The summed E-state index contributed by atoms with van der Waals surface area (Å²) in [4.78, 5) is 30.3. The fraction of sp³-hybridized carbons (Fsp3) is 0.611. The molecule has 1 aromatic rings. The zero-order chi connectivity index (χ0) is 18.6. The van der Waals surface area contributed by atoms with Crippen molar-refractivity contribution in [3.05, 3.63) is 22.9 Å². The van der Waals surface area contributed by atoms with E-state index in [1.54, 1.807) is 6.07 Å². The number of nitrogens with two attached hydrogens (primary N) is 1. The van der Waals surface area contributed by atoms with Gasteiger partial charge in [0.1, 0.15) is 12.4 Å². The molecule has 0 radical (unpaired) electrons. The molecular weight excluding hydrogens is 320 g/mol. The highest BCUT2D eigenvalue weighted by atomic mass is 16.5. The van der Waals surface area contributed by atoms with Crippen molar-refractivity contribution in [1.82, 2.24) is 9.88 Å². The van der Waals surface area contributed by atoms with E-state index >= 15 is 0 Å². The highest BCUT2D eigenvalue weighted by Crippen LogP contribution is 2.26. The quantitative estimate of drug-likeness (QED) is 0.778. The lowest BCUT2D eigenvalue weighted by Crippen LogP contribution is -2.34. The summed E-state index contributed by atoms with van der Waals surface area (Å²) in [6.45, 7) is 7.26. The van der Waals surface area contributed by atoms with Crippen LogP contribution < -0.4 is 11.1 Å². The Morgan fingerprint density at radius 2 is 2.12 bits per heavy atom. The molecule has 0 unspecified atom stereocenters. The number of nitrogens with one attached hydrogen (secondary N) is 1. The summed E-state index contributed by atoms with van der Waals surface area (Å²) in [7, 11) is 1.52. The summed E-state index contributed by atoms with van der Waals surface area (Å²) < 4.78 is 4.96. The molecule has 138 valence electrons. The smallest absolute Gasteiger partial charge is 0.252 e. The molecule has 2 rings (SSSR count). The first kappa shape index (κ1) is 19.2. The number of nitrogens with zero attached hydrogens (tertiary/aromatic N) is 2. The van der Waals surface area contributed by atoms with Gasteiger partial charge in [0.25, 0.3) is 5.91 Å². The number of carbonyl (C=O) groups is 2. The molecule has 1 aromatic heterocycles. The minimum Gasteiger partial charge on any atom is -0.375 e. The summed E-state index contributed by atoms with van der Waals surface area (Å²) in [5.41, 5.74) is 7.68. The standard InChI is InChI=1S/C18H28N4O3/c1-5-6-13-8-22(16(23)10-25-4)9-15(13)21-18-14(17(19)24)7-11(2)12(3)20-18/h7,13,15H,5-6,8-10H2,1-4H3,(H2,19,24)(H,20,21)/t13-,15-/m1/s1. The predicted octanol–water partition coefficient (Wildman–Crippen LogP) is 1.48. The third kappa shape index (κ3) is 4.48. The van der Waals surface area contributed by atoms with Gasteiger partial charge in [-0.2, -0.15) is 0 Å². The zero-order valence-electron chi connectivity index (χ0n) is 15.5. The summed E-state index contributed by atoms with van der Waals surface area (Å²) in [5, 5.41) is 3.37. The Balaban J connectivity index is 2.23. The summed E-state index contributed by atoms with van der Waals surface area (Å²) in [5.74, 6) is 0.282. The van der Waals surface area contributed by atoms with E-state index in [0.717, 1.165) is 24.1 Å². The van der Waals surface area contributed by atoms with Crippen LogP contribution in [0.25, 0.3) is 0 Å². The van der Waals surface area contributed by atoms with Crippen molar-refractivity contribution in [3.8, 4) is 0 Å². The Morgan fingerprint density at radius 3 is 2.72 bits per heavy atom. The van der Waals surface area contributed by atoms with Crippen LogP contribution >= 0.6 is 0 Å². The molecular formula is C18H28N4O3. The molecule has 1 aliphatic heterocycles. The van der Waals surface area contributed by atoms with Gasteiger partial charge in [0, 0.05) is 31.9 Å². The second-order valence-corrected chi connectivity index (χ2v) is 6.68. The van der Waals surface area contributed by atoms with Crippen LogP contribution in [0.4, 0.5) is 5.82 Å². The van der Waals surface area contributed by atoms with Crippen molar-refractivity contribution >= 4 is 17.6 Å². The van der Waals surface area contributed by atoms with Crippen LogP contribution in [0.15, 0.2) is 6.07 Å². The van der Waals surface area contributed by atoms with E-state index in [0.29, 0.717) is 30.4 Å². The highest BCUT2D eigenvalue weighted by molar-refractivity contribution is 5.97. The zero-order valence-corrected chi connectivity index (χ0v) is 15.5. The van der Waals surface area contributed by atoms with Crippen molar-refractivity contribution < 1.29 is 14.3 Å². The van der Waals surface area contributed by atoms with E-state index in [9.17, 15) is 9.59 Å². The number of pyridine rings is 1. The average molecular weight is 348 g/mol. The minimum atomic E-state index is -0.504. The van der Waals surface area contributed by atoms with E-state index in [2.05, 4.69) is 17.2 Å². The van der Waals surface area contributed by atoms with Crippen molar-refractivity contribution in [2.45, 2.75) is 39.7 Å². The average Bonchev–Trinajstić information content (AvgIpc) is 2.94. The Hall–Kier alpha value is -2.15. The molecule has 0 aliphatic carbocycles. The molecule has 7 heteroatoms. The van der Waals surface area contributed by atoms with Crippen LogP contribution in [0.2, 0.25) is 0 Å². The Morgan fingerprint density at radius 1 is 1.40 bits per heavy atom. The first-order chi connectivity index (χ1) is 11.9. The molecule has 2 heterocycles. The van der Waals surface area contributed by atoms with Crippen LogP contribution in [0, 0.1) is 19.8 Å². The predicted molar refractivity (Wildman–Crippen MR) is 96.5 cm³/mol. The number of anilines is 1. The summed E-state index contributed by atoms with van der Waals surface area (Å²) >= 11 is 0. The van der Waals surface area contributed by atoms with E-state index < -0.39 is 5.91 Å². The number of amides is 2. The topological polar surface area (TPSA) is 97.6 Å². The monoisotopic (exact) mass is 348 g/mol. The molecule has 7 nitrogen and oxygen atoms in total. The molecule has 2 amide bonds. The normalized spacial score (nSPS) is 19.9. The number of ether oxygens (including phenoxy) is 1. The van der Waals surface area contributed by atoms with Crippen LogP contribution in [-0.2, 0) is 9.53 Å². The number of methoxy groups -OCH3 is 1. The van der Waals surface area contributed by atoms with Gasteiger partial charge in [-0.1, -0.05) is 13.3 Å². The van der Waals surface area contributed by atoms with Crippen molar-refractivity contribution in [1.29, 1.82) is 0 Å². The Bertz CT molecular complexity index is 647. The molecule has 1 fully saturated rings. The molecule has 0 saturated carbocycles. The van der Waals surface area contributed by atoms with Gasteiger partial charge in [0.05, 0.1) is 5.56 Å². The van der Waals surface area contributed by atoms with Gasteiger partial charge in [-0.25, -0.2) is 4.98 Å². The highest BCUT2D eigenvalue weighted by Gasteiger charge is 2.35.